The molecule has 0 radical (unpaired) electrons. The SMILES string of the molecule is CC(C)Oc1nc2cc(F)c(C(=O)Nc3cccc(C(=N)N(C=N)C(C)C)n3)cc2nc1OC(C)C. The van der Waals surface area contributed by atoms with Gasteiger partial charge in [-0.3, -0.25) is 15.6 Å². The molecule has 0 unspecified atom stereocenters. The highest BCUT2D eigenvalue weighted by Gasteiger charge is 2.20. The van der Waals surface area contributed by atoms with Gasteiger partial charge in [0.1, 0.15) is 17.3 Å². The summed E-state index contributed by atoms with van der Waals surface area (Å²) in [4.78, 5) is 27.4. The average Bonchev–Trinajstić information content (AvgIpc) is 2.79. The van der Waals surface area contributed by atoms with Gasteiger partial charge in [0.25, 0.3) is 17.7 Å². The number of halogens is 1. The normalized spacial score (nSPS) is 11.2. The molecule has 0 bridgehead atoms. The molecule has 2 aromatic heterocycles. The lowest BCUT2D eigenvalue weighted by atomic mass is 10.1. The van der Waals surface area contributed by atoms with Crippen molar-refractivity contribution in [2.24, 2.45) is 0 Å². The first-order chi connectivity index (χ1) is 17.0. The standard InChI is InChI=1S/C25H30FN7O3/c1-13(2)33(12-27)22(28)18-8-7-9-21(29-18)32-23(34)16-10-19-20(11-17(16)26)31-25(36-15(5)6)24(30-19)35-14(3)4/h7-15,27-28H,1-6H3,(H,29,32,34). The van der Waals surface area contributed by atoms with Gasteiger partial charge in [-0.1, -0.05) is 6.07 Å². The van der Waals surface area contributed by atoms with Gasteiger partial charge in [-0.05, 0) is 59.7 Å². The second-order valence-corrected chi connectivity index (χ2v) is 8.83. The minimum Gasteiger partial charge on any atom is -0.471 e. The molecular weight excluding hydrogens is 465 g/mol. The summed E-state index contributed by atoms with van der Waals surface area (Å²) in [5.74, 6) is -1.11. The minimum atomic E-state index is -0.791. The Hall–Kier alpha value is -4.15. The van der Waals surface area contributed by atoms with Gasteiger partial charge in [-0.2, -0.15) is 0 Å². The molecule has 1 aromatic carbocycles. The van der Waals surface area contributed by atoms with E-state index in [9.17, 15) is 9.18 Å². The first kappa shape index (κ1) is 26.5. The number of carbonyl (C=O) groups is 1. The van der Waals surface area contributed by atoms with Crippen LogP contribution in [0.2, 0.25) is 0 Å². The van der Waals surface area contributed by atoms with Crippen LogP contribution >= 0.6 is 0 Å². The molecule has 3 rings (SSSR count). The van der Waals surface area contributed by atoms with Crippen LogP contribution in [0.1, 0.15) is 57.6 Å². The van der Waals surface area contributed by atoms with E-state index in [1.807, 2.05) is 41.5 Å². The molecule has 1 amide bonds. The van der Waals surface area contributed by atoms with E-state index in [0.717, 1.165) is 12.4 Å². The molecule has 36 heavy (non-hydrogen) atoms. The third-order valence-corrected chi connectivity index (χ3v) is 4.82. The molecule has 0 saturated heterocycles. The van der Waals surface area contributed by atoms with Gasteiger partial charge in [0.15, 0.2) is 5.84 Å². The van der Waals surface area contributed by atoms with Gasteiger partial charge < -0.3 is 19.7 Å². The van der Waals surface area contributed by atoms with Crippen LogP contribution in [0.25, 0.3) is 11.0 Å². The first-order valence-electron chi connectivity index (χ1n) is 11.5. The molecule has 3 N–H and O–H groups in total. The number of ether oxygens (including phenoxy) is 2. The van der Waals surface area contributed by atoms with Crippen molar-refractivity contribution in [1.29, 1.82) is 10.8 Å². The fraction of sp³-hybridized carbons (Fsp3) is 0.360. The topological polar surface area (TPSA) is 137 Å². The predicted molar refractivity (Wildman–Crippen MR) is 136 cm³/mol. The lowest BCUT2D eigenvalue weighted by molar-refractivity contribution is 0.102. The summed E-state index contributed by atoms with van der Waals surface area (Å²) in [5, 5.41) is 18.4. The van der Waals surface area contributed by atoms with E-state index in [-0.39, 0.29) is 64.0 Å². The molecule has 0 spiro atoms. The molecule has 0 aliphatic heterocycles. The van der Waals surface area contributed by atoms with E-state index in [1.165, 1.54) is 17.0 Å². The first-order valence-corrected chi connectivity index (χ1v) is 11.5. The van der Waals surface area contributed by atoms with Crippen molar-refractivity contribution < 1.29 is 18.7 Å². The molecule has 0 atom stereocenters. The Labute approximate surface area is 208 Å². The van der Waals surface area contributed by atoms with Gasteiger partial charge in [-0.25, -0.2) is 19.3 Å². The van der Waals surface area contributed by atoms with E-state index in [1.54, 1.807) is 12.1 Å². The van der Waals surface area contributed by atoms with Gasteiger partial charge in [0.2, 0.25) is 0 Å². The van der Waals surface area contributed by atoms with Crippen LogP contribution < -0.4 is 14.8 Å². The maximum Gasteiger partial charge on any atom is 0.278 e. The molecule has 10 nitrogen and oxygen atoms in total. The van der Waals surface area contributed by atoms with E-state index in [4.69, 9.17) is 20.3 Å². The monoisotopic (exact) mass is 495 g/mol. The van der Waals surface area contributed by atoms with Crippen LogP contribution in [0.5, 0.6) is 11.8 Å². The number of hydrogen-bond donors (Lipinski definition) is 3. The third kappa shape index (κ3) is 6.09. The Balaban J connectivity index is 1.93. The van der Waals surface area contributed by atoms with Crippen LogP contribution in [-0.4, -0.2) is 56.2 Å². The summed E-state index contributed by atoms with van der Waals surface area (Å²) in [7, 11) is 0. The second kappa shape index (κ2) is 11.1. The van der Waals surface area contributed by atoms with Crippen molar-refractivity contribution in [2.45, 2.75) is 59.8 Å². The summed E-state index contributed by atoms with van der Waals surface area (Å²) in [5.41, 5.74) is 0.471. The molecule has 0 fully saturated rings. The number of aromatic nitrogens is 3. The Kier molecular flexibility index (Phi) is 8.13. The third-order valence-electron chi connectivity index (χ3n) is 4.82. The van der Waals surface area contributed by atoms with Crippen LogP contribution in [0.3, 0.4) is 0 Å². The van der Waals surface area contributed by atoms with E-state index < -0.39 is 11.7 Å². The van der Waals surface area contributed by atoms with Crippen LogP contribution in [0.4, 0.5) is 10.2 Å². The maximum atomic E-state index is 14.9. The zero-order valence-electron chi connectivity index (χ0n) is 21.1. The smallest absolute Gasteiger partial charge is 0.278 e. The molecule has 11 heteroatoms. The van der Waals surface area contributed by atoms with E-state index in [0.29, 0.717) is 0 Å². The molecule has 0 saturated carbocycles. The van der Waals surface area contributed by atoms with E-state index in [2.05, 4.69) is 20.3 Å². The minimum absolute atomic E-state index is 0.000335. The molecule has 0 aliphatic rings. The molecular formula is C25H30FN7O3. The highest BCUT2D eigenvalue weighted by atomic mass is 19.1. The predicted octanol–water partition coefficient (Wildman–Crippen LogP) is 4.63. The maximum absolute atomic E-state index is 14.9. The summed E-state index contributed by atoms with van der Waals surface area (Å²) in [6.07, 6.45) is 0.642. The Morgan fingerprint density at radius 2 is 1.58 bits per heavy atom. The number of anilines is 1. The number of hydrogen-bond acceptors (Lipinski definition) is 8. The number of pyridine rings is 1. The van der Waals surface area contributed by atoms with Gasteiger partial charge in [0.05, 0.1) is 35.1 Å². The number of rotatable bonds is 9. The van der Waals surface area contributed by atoms with Crippen molar-refractivity contribution in [1.82, 2.24) is 19.9 Å². The van der Waals surface area contributed by atoms with Crippen molar-refractivity contribution in [3.05, 3.63) is 47.4 Å². The van der Waals surface area contributed by atoms with Crippen LogP contribution in [-0.2, 0) is 0 Å². The van der Waals surface area contributed by atoms with Gasteiger partial charge in [-0.15, -0.1) is 0 Å². The summed E-state index contributed by atoms with van der Waals surface area (Å²) >= 11 is 0. The van der Waals surface area contributed by atoms with Gasteiger partial charge in [0, 0.05) is 12.1 Å². The Morgan fingerprint density at radius 1 is 1.00 bits per heavy atom. The largest absolute Gasteiger partial charge is 0.471 e. The van der Waals surface area contributed by atoms with Crippen molar-refractivity contribution in [2.75, 3.05) is 5.32 Å². The van der Waals surface area contributed by atoms with E-state index >= 15 is 0 Å². The van der Waals surface area contributed by atoms with Crippen molar-refractivity contribution in [3.63, 3.8) is 0 Å². The summed E-state index contributed by atoms with van der Waals surface area (Å²) in [6.45, 7) is 11.0. The number of benzene rings is 1. The number of nitrogens with one attached hydrogen (secondary N) is 3. The van der Waals surface area contributed by atoms with Crippen molar-refractivity contribution in [3.8, 4) is 11.8 Å². The van der Waals surface area contributed by atoms with Crippen molar-refractivity contribution >= 4 is 34.9 Å². The highest BCUT2D eigenvalue weighted by molar-refractivity contribution is 6.06. The molecule has 0 aliphatic carbocycles. The summed E-state index contributed by atoms with van der Waals surface area (Å²) in [6, 6.07) is 7.02. The number of amides is 1. The fourth-order valence-corrected chi connectivity index (χ4v) is 3.24. The number of carbonyl (C=O) groups excluding carboxylic acids is 1. The van der Waals surface area contributed by atoms with Crippen LogP contribution in [0.15, 0.2) is 30.3 Å². The lowest BCUT2D eigenvalue weighted by Gasteiger charge is -2.23. The quantitative estimate of drug-likeness (QED) is 0.291. The zero-order valence-corrected chi connectivity index (χ0v) is 21.1. The van der Waals surface area contributed by atoms with Crippen LogP contribution in [0, 0.1) is 16.6 Å². The highest BCUT2D eigenvalue weighted by Crippen LogP contribution is 2.29. The number of fused-ring (bicyclic) bond motifs is 1. The molecule has 2 heterocycles. The zero-order chi connectivity index (χ0) is 26.6. The molecule has 3 aromatic rings. The van der Waals surface area contributed by atoms with Gasteiger partial charge >= 0.3 is 0 Å². The number of amidine groups is 1. The Morgan fingerprint density at radius 3 is 2.11 bits per heavy atom. The summed E-state index contributed by atoms with van der Waals surface area (Å²) < 4.78 is 26.3. The fourth-order valence-electron chi connectivity index (χ4n) is 3.24. The second-order valence-electron chi connectivity index (χ2n) is 8.83. The average molecular weight is 496 g/mol. The lowest BCUT2D eigenvalue weighted by Crippen LogP contribution is -2.36. The number of nitrogens with zero attached hydrogens (tertiary/aromatic N) is 4. The molecule has 190 valence electrons. The Bertz CT molecular complexity index is 1290.